The Morgan fingerprint density at radius 2 is 2.00 bits per heavy atom. The van der Waals surface area contributed by atoms with Crippen molar-refractivity contribution in [2.45, 2.75) is 13.0 Å². The van der Waals surface area contributed by atoms with Crippen molar-refractivity contribution in [2.24, 2.45) is 0 Å². The maximum atomic E-state index is 12.3. The van der Waals surface area contributed by atoms with Gasteiger partial charge in [-0.2, -0.15) is 5.10 Å². The molecular formula is C17H15IN4O. The van der Waals surface area contributed by atoms with Crippen LogP contribution >= 0.6 is 22.6 Å². The minimum atomic E-state index is -0.0786. The second-order valence-electron chi connectivity index (χ2n) is 5.14. The van der Waals surface area contributed by atoms with E-state index in [1.165, 1.54) is 6.33 Å². The molecule has 1 atom stereocenters. The van der Waals surface area contributed by atoms with Crippen LogP contribution in [0, 0.1) is 3.57 Å². The summed E-state index contributed by atoms with van der Waals surface area (Å²) in [7, 11) is 0. The molecule has 3 aromatic rings. The quantitative estimate of drug-likeness (QED) is 0.662. The number of nitrogens with zero attached hydrogens (tertiary/aromatic N) is 3. The zero-order valence-electron chi connectivity index (χ0n) is 12.5. The lowest BCUT2D eigenvalue weighted by molar-refractivity contribution is 0.0940. The van der Waals surface area contributed by atoms with Crippen LogP contribution in [-0.4, -0.2) is 20.7 Å². The first-order chi connectivity index (χ1) is 11.1. The fraction of sp³-hybridized carbons (Fsp3) is 0.118. The lowest BCUT2D eigenvalue weighted by Crippen LogP contribution is -2.26. The Kier molecular flexibility index (Phi) is 4.71. The van der Waals surface area contributed by atoms with Crippen LogP contribution in [0.1, 0.15) is 28.9 Å². The predicted octanol–water partition coefficient (Wildman–Crippen LogP) is 3.36. The van der Waals surface area contributed by atoms with Gasteiger partial charge in [0.05, 0.1) is 11.7 Å². The van der Waals surface area contributed by atoms with Gasteiger partial charge in [-0.3, -0.25) is 4.79 Å². The summed E-state index contributed by atoms with van der Waals surface area (Å²) in [6.45, 7) is 1.97. The van der Waals surface area contributed by atoms with Gasteiger partial charge < -0.3 is 5.32 Å². The molecule has 6 heteroatoms. The highest BCUT2D eigenvalue weighted by molar-refractivity contribution is 14.1. The largest absolute Gasteiger partial charge is 0.346 e. The molecule has 0 saturated heterocycles. The van der Waals surface area contributed by atoms with Crippen molar-refractivity contribution in [1.29, 1.82) is 0 Å². The normalized spacial score (nSPS) is 11.9. The van der Waals surface area contributed by atoms with E-state index < -0.39 is 0 Å². The molecule has 0 aliphatic heterocycles. The number of carbonyl (C=O) groups is 1. The number of carbonyl (C=O) groups excluding carboxylic acids is 1. The number of hydrogen-bond acceptors (Lipinski definition) is 3. The average molecular weight is 418 g/mol. The van der Waals surface area contributed by atoms with Gasteiger partial charge in [0, 0.05) is 9.13 Å². The first-order valence-corrected chi connectivity index (χ1v) is 8.23. The third kappa shape index (κ3) is 3.76. The molecule has 1 aromatic heterocycles. The van der Waals surface area contributed by atoms with Crippen molar-refractivity contribution in [3.05, 3.63) is 75.9 Å². The SMILES string of the molecule is C[C@@H](NC(=O)c1cccc(I)c1)c1ccc(-n2cncn2)cc1. The Hall–Kier alpha value is -2.22. The highest BCUT2D eigenvalue weighted by Gasteiger charge is 2.11. The van der Waals surface area contributed by atoms with Gasteiger partial charge in [0.25, 0.3) is 5.91 Å². The molecule has 0 unspecified atom stereocenters. The van der Waals surface area contributed by atoms with Crippen LogP contribution < -0.4 is 5.32 Å². The zero-order valence-corrected chi connectivity index (χ0v) is 14.6. The Labute approximate surface area is 147 Å². The Morgan fingerprint density at radius 3 is 2.65 bits per heavy atom. The Morgan fingerprint density at radius 1 is 1.22 bits per heavy atom. The highest BCUT2D eigenvalue weighted by Crippen LogP contribution is 2.16. The summed E-state index contributed by atoms with van der Waals surface area (Å²) >= 11 is 2.20. The molecule has 3 rings (SSSR count). The monoisotopic (exact) mass is 418 g/mol. The van der Waals surface area contributed by atoms with E-state index in [-0.39, 0.29) is 11.9 Å². The van der Waals surface area contributed by atoms with Gasteiger partial charge in [-0.15, -0.1) is 0 Å². The summed E-state index contributed by atoms with van der Waals surface area (Å²) in [6.07, 6.45) is 3.15. The van der Waals surface area contributed by atoms with E-state index >= 15 is 0 Å². The lowest BCUT2D eigenvalue weighted by atomic mass is 10.1. The van der Waals surface area contributed by atoms with Gasteiger partial charge in [0.2, 0.25) is 0 Å². The Balaban J connectivity index is 1.70. The van der Waals surface area contributed by atoms with Crippen LogP contribution in [0.3, 0.4) is 0 Å². The van der Waals surface area contributed by atoms with Gasteiger partial charge >= 0.3 is 0 Å². The van der Waals surface area contributed by atoms with Gasteiger partial charge in [-0.1, -0.05) is 18.2 Å². The number of benzene rings is 2. The maximum Gasteiger partial charge on any atom is 0.251 e. The number of amides is 1. The smallest absolute Gasteiger partial charge is 0.251 e. The first-order valence-electron chi connectivity index (χ1n) is 7.15. The second kappa shape index (κ2) is 6.91. The molecule has 0 aliphatic rings. The van der Waals surface area contributed by atoms with Gasteiger partial charge in [0.15, 0.2) is 0 Å². The van der Waals surface area contributed by atoms with Crippen molar-refractivity contribution in [3.8, 4) is 5.69 Å². The van der Waals surface area contributed by atoms with Crippen molar-refractivity contribution in [3.63, 3.8) is 0 Å². The summed E-state index contributed by atoms with van der Waals surface area (Å²) < 4.78 is 2.74. The first kappa shape index (κ1) is 15.7. The topological polar surface area (TPSA) is 59.8 Å². The van der Waals surface area contributed by atoms with E-state index in [0.29, 0.717) is 5.56 Å². The molecule has 0 bridgehead atoms. The van der Waals surface area contributed by atoms with E-state index in [0.717, 1.165) is 14.8 Å². The average Bonchev–Trinajstić information content (AvgIpc) is 3.09. The van der Waals surface area contributed by atoms with Crippen LogP contribution in [0.2, 0.25) is 0 Å². The van der Waals surface area contributed by atoms with Crippen LogP contribution in [0.5, 0.6) is 0 Å². The van der Waals surface area contributed by atoms with Crippen molar-refractivity contribution >= 4 is 28.5 Å². The third-order valence-electron chi connectivity index (χ3n) is 3.51. The van der Waals surface area contributed by atoms with Crippen LogP contribution in [-0.2, 0) is 0 Å². The van der Waals surface area contributed by atoms with Crippen molar-refractivity contribution < 1.29 is 4.79 Å². The molecule has 0 saturated carbocycles. The van der Waals surface area contributed by atoms with Crippen molar-refractivity contribution in [2.75, 3.05) is 0 Å². The minimum Gasteiger partial charge on any atom is -0.346 e. The van der Waals surface area contributed by atoms with Gasteiger partial charge in [-0.25, -0.2) is 9.67 Å². The summed E-state index contributed by atoms with van der Waals surface area (Å²) in [5, 5.41) is 7.11. The maximum absolute atomic E-state index is 12.3. The molecule has 5 nitrogen and oxygen atoms in total. The third-order valence-corrected chi connectivity index (χ3v) is 4.18. The summed E-state index contributed by atoms with van der Waals surface area (Å²) in [5.41, 5.74) is 2.64. The van der Waals surface area contributed by atoms with E-state index in [1.54, 1.807) is 11.0 Å². The van der Waals surface area contributed by atoms with E-state index in [1.807, 2.05) is 55.5 Å². The number of nitrogens with one attached hydrogen (secondary N) is 1. The van der Waals surface area contributed by atoms with E-state index in [4.69, 9.17) is 0 Å². The highest BCUT2D eigenvalue weighted by atomic mass is 127. The van der Waals surface area contributed by atoms with Gasteiger partial charge in [-0.05, 0) is 65.4 Å². The molecule has 23 heavy (non-hydrogen) atoms. The number of rotatable bonds is 4. The molecule has 0 spiro atoms. The van der Waals surface area contributed by atoms with E-state index in [2.05, 4.69) is 38.0 Å². The molecule has 1 N–H and O–H groups in total. The molecule has 116 valence electrons. The standard InChI is InChI=1S/C17H15IN4O/c1-12(21-17(23)14-3-2-4-15(18)9-14)13-5-7-16(8-6-13)22-11-19-10-20-22/h2-12H,1H3,(H,21,23)/t12-/m1/s1. The fourth-order valence-corrected chi connectivity index (χ4v) is 2.79. The fourth-order valence-electron chi connectivity index (χ4n) is 2.25. The minimum absolute atomic E-state index is 0.0728. The lowest BCUT2D eigenvalue weighted by Gasteiger charge is -2.15. The van der Waals surface area contributed by atoms with Crippen LogP contribution in [0.25, 0.3) is 5.69 Å². The summed E-state index contributed by atoms with van der Waals surface area (Å²) in [5.74, 6) is -0.0728. The van der Waals surface area contributed by atoms with E-state index in [9.17, 15) is 4.79 Å². The molecular weight excluding hydrogens is 403 g/mol. The Bertz CT molecular complexity index is 800. The number of halogens is 1. The molecule has 1 amide bonds. The summed E-state index contributed by atoms with van der Waals surface area (Å²) in [6, 6.07) is 15.3. The number of aromatic nitrogens is 3. The number of hydrogen-bond donors (Lipinski definition) is 1. The van der Waals surface area contributed by atoms with Crippen LogP contribution in [0.15, 0.2) is 61.2 Å². The molecule has 0 radical (unpaired) electrons. The molecule has 0 aliphatic carbocycles. The van der Waals surface area contributed by atoms with Crippen molar-refractivity contribution in [1.82, 2.24) is 20.1 Å². The zero-order chi connectivity index (χ0) is 16.2. The predicted molar refractivity (Wildman–Crippen MR) is 96.4 cm³/mol. The molecule has 1 heterocycles. The second-order valence-corrected chi connectivity index (χ2v) is 6.38. The molecule has 0 fully saturated rings. The van der Waals surface area contributed by atoms with Crippen LogP contribution in [0.4, 0.5) is 0 Å². The summed E-state index contributed by atoms with van der Waals surface area (Å²) in [4.78, 5) is 16.2. The van der Waals surface area contributed by atoms with Gasteiger partial charge in [0.1, 0.15) is 12.7 Å². The molecule has 2 aromatic carbocycles.